The van der Waals surface area contributed by atoms with Gasteiger partial charge in [0.15, 0.2) is 10.2 Å². The molecule has 1 atom stereocenters. The van der Waals surface area contributed by atoms with Gasteiger partial charge in [0.25, 0.3) is 0 Å². The van der Waals surface area contributed by atoms with E-state index in [1.54, 1.807) is 13.3 Å². The van der Waals surface area contributed by atoms with Crippen LogP contribution in [0.4, 0.5) is 9.93 Å². The van der Waals surface area contributed by atoms with Crippen molar-refractivity contribution in [2.45, 2.75) is 19.3 Å². The number of rotatable bonds is 2. The lowest BCUT2D eigenvalue weighted by atomic mass is 9.79. The van der Waals surface area contributed by atoms with Crippen LogP contribution < -0.4 is 10.1 Å². The molecular formula is C14H22N4O2S. The van der Waals surface area contributed by atoms with Crippen LogP contribution >= 0.6 is 11.3 Å². The van der Waals surface area contributed by atoms with Crippen molar-refractivity contribution in [3.05, 3.63) is 6.20 Å². The SMILES string of the molecule is COc1cnc(NC(=O)N2CCC3(CCCN(C)C3)C2)s1. The summed E-state index contributed by atoms with van der Waals surface area (Å²) in [5, 5.41) is 4.17. The number of amides is 2. The minimum Gasteiger partial charge on any atom is -0.486 e. The Balaban J connectivity index is 1.59. The summed E-state index contributed by atoms with van der Waals surface area (Å²) in [7, 11) is 3.77. The molecule has 0 aromatic carbocycles. The molecule has 0 radical (unpaired) electrons. The Hall–Kier alpha value is -1.34. The van der Waals surface area contributed by atoms with Crippen LogP contribution in [0.1, 0.15) is 19.3 Å². The fourth-order valence-corrected chi connectivity index (χ4v) is 4.10. The molecule has 2 aliphatic heterocycles. The van der Waals surface area contributed by atoms with Crippen LogP contribution in [-0.4, -0.2) is 61.2 Å². The first-order valence-electron chi connectivity index (χ1n) is 7.35. The van der Waals surface area contributed by atoms with Gasteiger partial charge in [-0.05, 0) is 32.9 Å². The topological polar surface area (TPSA) is 57.7 Å². The third-order valence-electron chi connectivity index (χ3n) is 4.48. The number of anilines is 1. The predicted molar refractivity (Wildman–Crippen MR) is 83.0 cm³/mol. The number of urea groups is 1. The average molecular weight is 310 g/mol. The van der Waals surface area contributed by atoms with Gasteiger partial charge in [0.1, 0.15) is 0 Å². The molecule has 2 aliphatic rings. The van der Waals surface area contributed by atoms with Crippen molar-refractivity contribution in [2.24, 2.45) is 5.41 Å². The first-order chi connectivity index (χ1) is 10.1. The molecule has 1 unspecified atom stereocenters. The van der Waals surface area contributed by atoms with Gasteiger partial charge in [-0.3, -0.25) is 5.32 Å². The molecule has 0 bridgehead atoms. The number of nitrogens with zero attached hydrogens (tertiary/aromatic N) is 3. The highest BCUT2D eigenvalue weighted by Crippen LogP contribution is 2.38. The lowest BCUT2D eigenvalue weighted by Crippen LogP contribution is -2.44. The zero-order valence-electron chi connectivity index (χ0n) is 12.6. The third-order valence-corrected chi connectivity index (χ3v) is 5.35. The molecule has 2 saturated heterocycles. The van der Waals surface area contributed by atoms with Crippen LogP contribution in [0, 0.1) is 5.41 Å². The Morgan fingerprint density at radius 1 is 1.43 bits per heavy atom. The van der Waals surface area contributed by atoms with Gasteiger partial charge in [-0.15, -0.1) is 0 Å². The molecule has 2 fully saturated rings. The van der Waals surface area contributed by atoms with Crippen molar-refractivity contribution in [1.29, 1.82) is 0 Å². The van der Waals surface area contributed by atoms with Crippen LogP contribution in [0.15, 0.2) is 6.20 Å². The van der Waals surface area contributed by atoms with E-state index in [2.05, 4.69) is 22.2 Å². The van der Waals surface area contributed by atoms with Gasteiger partial charge in [0, 0.05) is 25.0 Å². The van der Waals surface area contributed by atoms with Gasteiger partial charge in [-0.25, -0.2) is 9.78 Å². The summed E-state index contributed by atoms with van der Waals surface area (Å²) in [5.41, 5.74) is 0.297. The van der Waals surface area contributed by atoms with E-state index in [9.17, 15) is 4.79 Å². The van der Waals surface area contributed by atoms with Crippen LogP contribution in [-0.2, 0) is 0 Å². The molecule has 7 heteroatoms. The van der Waals surface area contributed by atoms with Gasteiger partial charge >= 0.3 is 6.03 Å². The van der Waals surface area contributed by atoms with Crippen molar-refractivity contribution >= 4 is 22.5 Å². The van der Waals surface area contributed by atoms with Gasteiger partial charge in [-0.1, -0.05) is 11.3 Å². The van der Waals surface area contributed by atoms with Crippen LogP contribution in [0.3, 0.4) is 0 Å². The van der Waals surface area contributed by atoms with Crippen molar-refractivity contribution in [2.75, 3.05) is 45.7 Å². The highest BCUT2D eigenvalue weighted by Gasteiger charge is 2.42. The Morgan fingerprint density at radius 3 is 3.00 bits per heavy atom. The van der Waals surface area contributed by atoms with Gasteiger partial charge in [0.2, 0.25) is 0 Å². The maximum atomic E-state index is 12.3. The molecule has 2 amide bonds. The lowest BCUT2D eigenvalue weighted by molar-refractivity contribution is 0.117. The van der Waals surface area contributed by atoms with Gasteiger partial charge < -0.3 is 14.5 Å². The number of carbonyl (C=O) groups excluding carboxylic acids is 1. The third kappa shape index (κ3) is 3.13. The first kappa shape index (κ1) is 14.6. The molecule has 0 saturated carbocycles. The van der Waals surface area contributed by atoms with E-state index in [0.29, 0.717) is 15.6 Å². The van der Waals surface area contributed by atoms with E-state index in [4.69, 9.17) is 4.74 Å². The van der Waals surface area contributed by atoms with E-state index in [-0.39, 0.29) is 6.03 Å². The number of nitrogens with one attached hydrogen (secondary N) is 1. The number of hydrogen-bond donors (Lipinski definition) is 1. The van der Waals surface area contributed by atoms with E-state index >= 15 is 0 Å². The number of likely N-dealkylation sites (tertiary alicyclic amines) is 2. The van der Waals surface area contributed by atoms with Gasteiger partial charge in [0.05, 0.1) is 13.3 Å². The highest BCUT2D eigenvalue weighted by molar-refractivity contribution is 7.17. The Kier molecular flexibility index (Phi) is 4.03. The van der Waals surface area contributed by atoms with Gasteiger partial charge in [-0.2, -0.15) is 0 Å². The maximum Gasteiger partial charge on any atom is 0.323 e. The normalized spacial score (nSPS) is 26.3. The zero-order valence-corrected chi connectivity index (χ0v) is 13.4. The molecule has 1 aromatic heterocycles. The molecule has 1 spiro atoms. The quantitative estimate of drug-likeness (QED) is 0.909. The zero-order chi connectivity index (χ0) is 14.9. The minimum absolute atomic E-state index is 0.0443. The fraction of sp³-hybridized carbons (Fsp3) is 0.714. The summed E-state index contributed by atoms with van der Waals surface area (Å²) in [5.74, 6) is 0. The average Bonchev–Trinajstić information content (AvgIpc) is 3.06. The van der Waals surface area contributed by atoms with Crippen LogP contribution in [0.5, 0.6) is 5.06 Å². The van der Waals surface area contributed by atoms with Crippen LogP contribution in [0.25, 0.3) is 0 Å². The van der Waals surface area contributed by atoms with E-state index in [1.807, 2.05) is 4.90 Å². The van der Waals surface area contributed by atoms with Crippen molar-refractivity contribution in [3.63, 3.8) is 0 Å². The second-order valence-corrected chi connectivity index (χ2v) is 7.12. The number of hydrogen-bond acceptors (Lipinski definition) is 5. The molecule has 0 aliphatic carbocycles. The number of ether oxygens (including phenoxy) is 1. The molecule has 1 aromatic rings. The maximum absolute atomic E-state index is 12.3. The first-order valence-corrected chi connectivity index (χ1v) is 8.16. The summed E-state index contributed by atoms with van der Waals surface area (Å²) in [6, 6.07) is -0.0443. The van der Waals surface area contributed by atoms with E-state index in [1.165, 1.54) is 30.7 Å². The summed E-state index contributed by atoms with van der Waals surface area (Å²) in [6.45, 7) is 3.96. The lowest BCUT2D eigenvalue weighted by Gasteiger charge is -2.38. The van der Waals surface area contributed by atoms with Crippen molar-refractivity contribution < 1.29 is 9.53 Å². The molecule has 116 valence electrons. The molecule has 3 rings (SSSR count). The molecule has 1 N–H and O–H groups in total. The van der Waals surface area contributed by atoms with Crippen molar-refractivity contribution in [3.8, 4) is 5.06 Å². The minimum atomic E-state index is -0.0443. The highest BCUT2D eigenvalue weighted by atomic mass is 32.1. The second-order valence-electron chi connectivity index (χ2n) is 6.13. The predicted octanol–water partition coefficient (Wildman–Crippen LogP) is 2.10. The van der Waals surface area contributed by atoms with Crippen LogP contribution in [0.2, 0.25) is 0 Å². The summed E-state index contributed by atoms with van der Waals surface area (Å²) >= 11 is 1.35. The Bertz CT molecular complexity index is 521. The molecular weight excluding hydrogens is 288 g/mol. The summed E-state index contributed by atoms with van der Waals surface area (Å²) in [6.07, 6.45) is 5.19. The molecule has 6 nitrogen and oxygen atoms in total. The fourth-order valence-electron chi connectivity index (χ4n) is 3.48. The largest absolute Gasteiger partial charge is 0.486 e. The standard InChI is InChI=1S/C14H22N4O2S/c1-17-6-3-4-14(9-17)5-7-18(10-14)13(19)16-12-15-8-11(20-2)21-12/h8H,3-7,9-10H2,1-2H3,(H,15,16,19). The number of thiazole rings is 1. The summed E-state index contributed by atoms with van der Waals surface area (Å²) < 4.78 is 5.09. The summed E-state index contributed by atoms with van der Waals surface area (Å²) in [4.78, 5) is 20.8. The molecule has 3 heterocycles. The van der Waals surface area contributed by atoms with E-state index in [0.717, 1.165) is 26.1 Å². The second kappa shape index (κ2) is 5.81. The Labute approximate surface area is 129 Å². The monoisotopic (exact) mass is 310 g/mol. The number of carbonyl (C=O) groups is 1. The number of aromatic nitrogens is 1. The Morgan fingerprint density at radius 2 is 2.29 bits per heavy atom. The van der Waals surface area contributed by atoms with Crippen molar-refractivity contribution in [1.82, 2.24) is 14.8 Å². The van der Waals surface area contributed by atoms with E-state index < -0.39 is 0 Å². The molecule has 21 heavy (non-hydrogen) atoms. The number of methoxy groups -OCH3 is 1. The number of piperidine rings is 1. The smallest absolute Gasteiger partial charge is 0.323 e.